The topological polar surface area (TPSA) is 64.4 Å². The minimum Gasteiger partial charge on any atom is -0.382 e. The predicted octanol–water partition coefficient (Wildman–Crippen LogP) is 2.35. The van der Waals surface area contributed by atoms with E-state index in [0.717, 1.165) is 11.3 Å². The van der Waals surface area contributed by atoms with E-state index in [9.17, 15) is 10.1 Å². The lowest BCUT2D eigenvalue weighted by molar-refractivity contribution is -0.384. The van der Waals surface area contributed by atoms with Crippen LogP contribution in [-0.2, 0) is 4.74 Å². The lowest BCUT2D eigenvalue weighted by Gasteiger charge is -2.13. The van der Waals surface area contributed by atoms with Crippen LogP contribution in [0.2, 0.25) is 0 Å². The quantitative estimate of drug-likeness (QED) is 0.616. The fourth-order valence-corrected chi connectivity index (χ4v) is 1.30. The molecule has 1 aromatic carbocycles. The first-order valence-corrected chi connectivity index (χ1v) is 5.06. The fourth-order valence-electron chi connectivity index (χ4n) is 1.30. The summed E-state index contributed by atoms with van der Waals surface area (Å²) in [6.07, 6.45) is 0.106. The molecule has 0 aromatic heterocycles. The highest BCUT2D eigenvalue weighted by Gasteiger charge is 2.08. The number of hydrogen-bond acceptors (Lipinski definition) is 4. The molecule has 1 atom stereocenters. The van der Waals surface area contributed by atoms with Crippen LogP contribution in [0.1, 0.15) is 12.5 Å². The molecule has 0 heterocycles. The molecule has 1 aromatic rings. The second-order valence-electron chi connectivity index (χ2n) is 3.68. The van der Waals surface area contributed by atoms with Gasteiger partial charge in [0.15, 0.2) is 0 Å². The van der Waals surface area contributed by atoms with Gasteiger partial charge in [0.2, 0.25) is 0 Å². The number of ether oxygens (including phenoxy) is 1. The summed E-state index contributed by atoms with van der Waals surface area (Å²) in [7, 11) is 1.65. The first kappa shape index (κ1) is 12.4. The van der Waals surface area contributed by atoms with Crippen LogP contribution in [0.15, 0.2) is 18.2 Å². The molecular formula is C11H16N2O3. The van der Waals surface area contributed by atoms with E-state index in [2.05, 4.69) is 5.32 Å². The number of methoxy groups -OCH3 is 1. The zero-order valence-electron chi connectivity index (χ0n) is 9.69. The van der Waals surface area contributed by atoms with Crippen LogP contribution in [0, 0.1) is 17.0 Å². The second-order valence-corrected chi connectivity index (χ2v) is 3.68. The monoisotopic (exact) mass is 224 g/mol. The molecule has 0 spiro atoms. The Hall–Kier alpha value is -1.62. The van der Waals surface area contributed by atoms with E-state index in [4.69, 9.17) is 4.74 Å². The van der Waals surface area contributed by atoms with Crippen LogP contribution in [0.4, 0.5) is 11.4 Å². The molecule has 0 radical (unpaired) electrons. The number of nitrogens with one attached hydrogen (secondary N) is 1. The van der Waals surface area contributed by atoms with Crippen molar-refractivity contribution < 1.29 is 9.66 Å². The molecule has 0 bridgehead atoms. The SMILES string of the molecule is COC(C)CNc1ccc([N+](=O)[O-])cc1C. The van der Waals surface area contributed by atoms with Gasteiger partial charge in [0, 0.05) is 31.5 Å². The van der Waals surface area contributed by atoms with Crippen LogP contribution in [0.25, 0.3) is 0 Å². The molecule has 0 amide bonds. The Balaban J connectivity index is 2.72. The zero-order chi connectivity index (χ0) is 12.1. The van der Waals surface area contributed by atoms with Crippen molar-refractivity contribution in [3.63, 3.8) is 0 Å². The summed E-state index contributed by atoms with van der Waals surface area (Å²) in [5, 5.41) is 13.7. The van der Waals surface area contributed by atoms with Crippen molar-refractivity contribution in [1.82, 2.24) is 0 Å². The third-order valence-corrected chi connectivity index (χ3v) is 2.40. The lowest BCUT2D eigenvalue weighted by Crippen LogP contribution is -2.18. The molecule has 0 aliphatic carbocycles. The van der Waals surface area contributed by atoms with Gasteiger partial charge in [-0.1, -0.05) is 0 Å². The summed E-state index contributed by atoms with van der Waals surface area (Å²) < 4.78 is 5.10. The summed E-state index contributed by atoms with van der Waals surface area (Å²) in [6, 6.07) is 4.77. The van der Waals surface area contributed by atoms with Crippen molar-refractivity contribution in [2.45, 2.75) is 20.0 Å². The van der Waals surface area contributed by atoms with E-state index in [-0.39, 0.29) is 11.8 Å². The number of rotatable bonds is 5. The predicted molar refractivity (Wildman–Crippen MR) is 62.8 cm³/mol. The number of nitrogens with zero attached hydrogens (tertiary/aromatic N) is 1. The van der Waals surface area contributed by atoms with Gasteiger partial charge in [-0.2, -0.15) is 0 Å². The Morgan fingerprint density at radius 3 is 2.75 bits per heavy atom. The van der Waals surface area contributed by atoms with Crippen molar-refractivity contribution in [1.29, 1.82) is 0 Å². The van der Waals surface area contributed by atoms with Crippen LogP contribution < -0.4 is 5.32 Å². The Bertz CT molecular complexity index is 379. The maximum atomic E-state index is 10.5. The molecule has 5 heteroatoms. The molecule has 5 nitrogen and oxygen atoms in total. The molecule has 0 saturated heterocycles. The van der Waals surface area contributed by atoms with Gasteiger partial charge in [0.1, 0.15) is 0 Å². The molecule has 0 aliphatic heterocycles. The minimum atomic E-state index is -0.394. The molecule has 16 heavy (non-hydrogen) atoms. The number of nitro groups is 1. The third-order valence-electron chi connectivity index (χ3n) is 2.40. The summed E-state index contributed by atoms with van der Waals surface area (Å²) in [5.74, 6) is 0. The summed E-state index contributed by atoms with van der Waals surface area (Å²) in [4.78, 5) is 10.1. The first-order chi connectivity index (χ1) is 7.54. The van der Waals surface area contributed by atoms with Crippen LogP contribution in [0.5, 0.6) is 0 Å². The van der Waals surface area contributed by atoms with Gasteiger partial charge in [0.05, 0.1) is 11.0 Å². The molecule has 0 fully saturated rings. The van der Waals surface area contributed by atoms with Crippen molar-refractivity contribution in [3.8, 4) is 0 Å². The molecule has 1 rings (SSSR count). The summed E-state index contributed by atoms with van der Waals surface area (Å²) >= 11 is 0. The summed E-state index contributed by atoms with van der Waals surface area (Å²) in [5.41, 5.74) is 1.87. The molecule has 0 aliphatic rings. The van der Waals surface area contributed by atoms with Gasteiger partial charge < -0.3 is 10.1 Å². The van der Waals surface area contributed by atoms with Crippen molar-refractivity contribution in [2.75, 3.05) is 19.0 Å². The average Bonchev–Trinajstić information content (AvgIpc) is 2.26. The number of hydrogen-bond donors (Lipinski definition) is 1. The van der Waals surface area contributed by atoms with Gasteiger partial charge >= 0.3 is 0 Å². The minimum absolute atomic E-state index is 0.106. The molecule has 1 N–H and O–H groups in total. The smallest absolute Gasteiger partial charge is 0.269 e. The Labute approximate surface area is 94.6 Å². The van der Waals surface area contributed by atoms with E-state index in [1.807, 2.05) is 13.8 Å². The highest BCUT2D eigenvalue weighted by molar-refractivity contribution is 5.55. The second kappa shape index (κ2) is 5.46. The molecule has 1 unspecified atom stereocenters. The number of anilines is 1. The van der Waals surface area contributed by atoms with Crippen molar-refractivity contribution in [3.05, 3.63) is 33.9 Å². The van der Waals surface area contributed by atoms with Gasteiger partial charge in [-0.05, 0) is 25.5 Å². The molecular weight excluding hydrogens is 208 g/mol. The number of aryl methyl sites for hydroxylation is 1. The van der Waals surface area contributed by atoms with Gasteiger partial charge in [-0.25, -0.2) is 0 Å². The maximum absolute atomic E-state index is 10.5. The first-order valence-electron chi connectivity index (χ1n) is 5.06. The molecule has 88 valence electrons. The number of non-ortho nitro benzene ring substituents is 1. The Morgan fingerprint density at radius 2 is 2.25 bits per heavy atom. The largest absolute Gasteiger partial charge is 0.382 e. The Morgan fingerprint density at radius 1 is 1.56 bits per heavy atom. The maximum Gasteiger partial charge on any atom is 0.269 e. The molecule has 0 saturated carbocycles. The standard InChI is InChI=1S/C11H16N2O3/c1-8-6-10(13(14)15)4-5-11(8)12-7-9(2)16-3/h4-6,9,12H,7H2,1-3H3. The van der Waals surface area contributed by atoms with Crippen molar-refractivity contribution >= 4 is 11.4 Å². The van der Waals surface area contributed by atoms with Gasteiger partial charge in [0.25, 0.3) is 5.69 Å². The van der Waals surface area contributed by atoms with Gasteiger partial charge in [-0.15, -0.1) is 0 Å². The van der Waals surface area contributed by atoms with Gasteiger partial charge in [-0.3, -0.25) is 10.1 Å². The van der Waals surface area contributed by atoms with Crippen molar-refractivity contribution in [2.24, 2.45) is 0 Å². The number of nitro benzene ring substituents is 1. The third kappa shape index (κ3) is 3.20. The van der Waals surface area contributed by atoms with E-state index >= 15 is 0 Å². The number of benzene rings is 1. The highest BCUT2D eigenvalue weighted by Crippen LogP contribution is 2.21. The van der Waals surface area contributed by atoms with Crippen LogP contribution in [-0.4, -0.2) is 24.7 Å². The van der Waals surface area contributed by atoms with Crippen LogP contribution >= 0.6 is 0 Å². The zero-order valence-corrected chi connectivity index (χ0v) is 9.69. The van der Waals surface area contributed by atoms with E-state index in [1.54, 1.807) is 19.2 Å². The van der Waals surface area contributed by atoms with E-state index in [1.165, 1.54) is 6.07 Å². The van der Waals surface area contributed by atoms with Crippen LogP contribution in [0.3, 0.4) is 0 Å². The fraction of sp³-hybridized carbons (Fsp3) is 0.455. The Kier molecular flexibility index (Phi) is 4.25. The van der Waals surface area contributed by atoms with E-state index < -0.39 is 4.92 Å². The highest BCUT2D eigenvalue weighted by atomic mass is 16.6. The normalized spacial score (nSPS) is 12.2. The average molecular weight is 224 g/mol. The lowest BCUT2D eigenvalue weighted by atomic mass is 10.1. The summed E-state index contributed by atoms with van der Waals surface area (Å²) in [6.45, 7) is 4.47. The van der Waals surface area contributed by atoms with E-state index in [0.29, 0.717) is 6.54 Å².